The normalized spacial score (nSPS) is 10.9. The van der Waals surface area contributed by atoms with E-state index in [0.29, 0.717) is 5.11 Å². The highest BCUT2D eigenvalue weighted by Crippen LogP contribution is 2.19. The van der Waals surface area contributed by atoms with Crippen LogP contribution in [0.1, 0.15) is 22.4 Å². The Hall–Kier alpha value is -2.63. The van der Waals surface area contributed by atoms with Crippen molar-refractivity contribution in [3.8, 4) is 0 Å². The van der Waals surface area contributed by atoms with Crippen molar-refractivity contribution in [1.29, 1.82) is 0 Å². The molecule has 1 heterocycles. The second kappa shape index (κ2) is 8.84. The maximum atomic E-state index is 5.95. The van der Waals surface area contributed by atoms with E-state index >= 15 is 0 Å². The maximum Gasteiger partial charge on any atom is 0.191 e. The molecule has 138 valence electrons. The minimum Gasteiger partial charge on any atom is -0.342 e. The Kier molecular flexibility index (Phi) is 6.27. The van der Waals surface area contributed by atoms with E-state index in [1.54, 1.807) is 6.21 Å². The quantitative estimate of drug-likeness (QED) is 0.357. The molecule has 2 aromatic carbocycles. The summed E-state index contributed by atoms with van der Waals surface area (Å²) in [5.41, 5.74) is 8.32. The molecule has 0 aliphatic rings. The van der Waals surface area contributed by atoms with E-state index in [1.807, 2.05) is 74.6 Å². The molecule has 0 aliphatic carbocycles. The Labute approximate surface area is 169 Å². The summed E-state index contributed by atoms with van der Waals surface area (Å²) in [6.45, 7) is 4.84. The second-order valence-corrected chi connectivity index (χ2v) is 7.12. The van der Waals surface area contributed by atoms with Gasteiger partial charge in [-0.15, -0.1) is 0 Å². The molecule has 27 heavy (non-hydrogen) atoms. The third-order valence-electron chi connectivity index (χ3n) is 4.21. The summed E-state index contributed by atoms with van der Waals surface area (Å²) < 4.78 is 2.11. The first kappa shape index (κ1) is 19.1. The molecule has 0 amide bonds. The van der Waals surface area contributed by atoms with Gasteiger partial charge in [0.25, 0.3) is 0 Å². The molecule has 0 bridgehead atoms. The van der Waals surface area contributed by atoms with Gasteiger partial charge >= 0.3 is 0 Å². The van der Waals surface area contributed by atoms with Gasteiger partial charge in [0, 0.05) is 23.5 Å². The standard InChI is InChI=1S/C21H21ClN4S/c1-15-5-3-6-16(2)20(15)24-21(27)25-23-13-19-7-4-12-26(19)14-17-8-10-18(22)11-9-17/h3-13H,14H2,1-2H3,(H2,24,25,27)/b23-13+. The Morgan fingerprint density at radius 2 is 1.78 bits per heavy atom. The van der Waals surface area contributed by atoms with Gasteiger partial charge in [-0.2, -0.15) is 5.10 Å². The number of nitrogens with zero attached hydrogens (tertiary/aromatic N) is 2. The van der Waals surface area contributed by atoms with Crippen molar-refractivity contribution < 1.29 is 0 Å². The van der Waals surface area contributed by atoms with E-state index in [4.69, 9.17) is 23.8 Å². The molecule has 0 atom stereocenters. The zero-order chi connectivity index (χ0) is 19.2. The summed E-state index contributed by atoms with van der Waals surface area (Å²) in [7, 11) is 0. The predicted octanol–water partition coefficient (Wildman–Crippen LogP) is 5.13. The van der Waals surface area contributed by atoms with Crippen LogP contribution in [0.4, 0.5) is 5.69 Å². The van der Waals surface area contributed by atoms with Crippen LogP contribution in [-0.4, -0.2) is 15.9 Å². The van der Waals surface area contributed by atoms with Crippen LogP contribution < -0.4 is 10.7 Å². The summed E-state index contributed by atoms with van der Waals surface area (Å²) in [6.07, 6.45) is 3.78. The largest absolute Gasteiger partial charge is 0.342 e. The van der Waals surface area contributed by atoms with Crippen LogP contribution in [-0.2, 0) is 6.54 Å². The molecule has 0 aliphatic heterocycles. The fourth-order valence-electron chi connectivity index (χ4n) is 2.79. The van der Waals surface area contributed by atoms with E-state index in [9.17, 15) is 0 Å². The van der Waals surface area contributed by atoms with Crippen LogP contribution in [0.15, 0.2) is 65.9 Å². The molecule has 1 aromatic heterocycles. The minimum atomic E-state index is 0.458. The summed E-state index contributed by atoms with van der Waals surface area (Å²) in [5, 5.41) is 8.67. The number of rotatable bonds is 5. The number of benzene rings is 2. The van der Waals surface area contributed by atoms with Gasteiger partial charge in [-0.3, -0.25) is 5.43 Å². The molecule has 0 unspecified atom stereocenters. The van der Waals surface area contributed by atoms with Gasteiger partial charge in [0.2, 0.25) is 0 Å². The van der Waals surface area contributed by atoms with Gasteiger partial charge in [-0.05, 0) is 67.0 Å². The van der Waals surface area contributed by atoms with Crippen molar-refractivity contribution in [1.82, 2.24) is 9.99 Å². The molecule has 0 saturated carbocycles. The average Bonchev–Trinajstić information content (AvgIpc) is 3.07. The van der Waals surface area contributed by atoms with Crippen molar-refractivity contribution in [3.63, 3.8) is 0 Å². The molecule has 0 radical (unpaired) electrons. The smallest absolute Gasteiger partial charge is 0.191 e. The first-order valence-electron chi connectivity index (χ1n) is 8.59. The number of thiocarbonyl (C=S) groups is 1. The third-order valence-corrected chi connectivity index (χ3v) is 4.66. The second-order valence-electron chi connectivity index (χ2n) is 6.28. The third kappa shape index (κ3) is 5.18. The van der Waals surface area contributed by atoms with Gasteiger partial charge in [-0.25, -0.2) is 0 Å². The fraction of sp³-hybridized carbons (Fsp3) is 0.143. The molecule has 3 rings (SSSR count). The highest BCUT2D eigenvalue weighted by atomic mass is 35.5. The lowest BCUT2D eigenvalue weighted by Gasteiger charge is -2.12. The summed E-state index contributed by atoms with van der Waals surface area (Å²) in [6, 6.07) is 17.9. The van der Waals surface area contributed by atoms with Crippen LogP contribution in [0.3, 0.4) is 0 Å². The van der Waals surface area contributed by atoms with E-state index in [1.165, 1.54) is 5.56 Å². The zero-order valence-corrected chi connectivity index (χ0v) is 16.8. The molecule has 4 nitrogen and oxygen atoms in total. The van der Waals surface area contributed by atoms with Crippen molar-refractivity contribution in [2.24, 2.45) is 5.10 Å². The fourth-order valence-corrected chi connectivity index (χ4v) is 3.07. The monoisotopic (exact) mass is 396 g/mol. The van der Waals surface area contributed by atoms with Gasteiger partial charge in [-0.1, -0.05) is 41.9 Å². The SMILES string of the molecule is Cc1cccc(C)c1NC(=S)N/N=C/c1cccn1Cc1ccc(Cl)cc1. The number of aromatic nitrogens is 1. The molecule has 0 saturated heterocycles. The average molecular weight is 397 g/mol. The van der Waals surface area contributed by atoms with Gasteiger partial charge in [0.15, 0.2) is 5.11 Å². The Bertz CT molecular complexity index is 940. The Morgan fingerprint density at radius 3 is 2.48 bits per heavy atom. The number of anilines is 1. The lowest BCUT2D eigenvalue weighted by Crippen LogP contribution is -2.24. The predicted molar refractivity (Wildman–Crippen MR) is 118 cm³/mol. The Morgan fingerprint density at radius 1 is 1.07 bits per heavy atom. The van der Waals surface area contributed by atoms with Crippen LogP contribution in [0.2, 0.25) is 5.02 Å². The van der Waals surface area contributed by atoms with Gasteiger partial charge in [0.1, 0.15) is 0 Å². The number of nitrogens with one attached hydrogen (secondary N) is 2. The molecule has 3 aromatic rings. The van der Waals surface area contributed by atoms with E-state index in [0.717, 1.165) is 34.1 Å². The number of hydrazone groups is 1. The van der Waals surface area contributed by atoms with Crippen molar-refractivity contribution in [3.05, 3.63) is 88.2 Å². The summed E-state index contributed by atoms with van der Waals surface area (Å²) >= 11 is 11.3. The van der Waals surface area contributed by atoms with Gasteiger partial charge in [0.05, 0.1) is 11.9 Å². The van der Waals surface area contributed by atoms with Crippen molar-refractivity contribution >= 4 is 40.8 Å². The highest BCUT2D eigenvalue weighted by Gasteiger charge is 2.04. The summed E-state index contributed by atoms with van der Waals surface area (Å²) in [4.78, 5) is 0. The number of hydrogen-bond acceptors (Lipinski definition) is 2. The number of halogens is 1. The van der Waals surface area contributed by atoms with E-state index < -0.39 is 0 Å². The maximum absolute atomic E-state index is 5.95. The first-order chi connectivity index (χ1) is 13.0. The first-order valence-corrected chi connectivity index (χ1v) is 9.37. The molecule has 0 fully saturated rings. The topological polar surface area (TPSA) is 41.4 Å². The van der Waals surface area contributed by atoms with Crippen LogP contribution in [0.25, 0.3) is 0 Å². The van der Waals surface area contributed by atoms with E-state index in [-0.39, 0.29) is 0 Å². The van der Waals surface area contributed by atoms with Crippen LogP contribution in [0.5, 0.6) is 0 Å². The lowest BCUT2D eigenvalue weighted by molar-refractivity contribution is 0.799. The lowest BCUT2D eigenvalue weighted by atomic mass is 10.1. The number of aryl methyl sites for hydroxylation is 2. The van der Waals surface area contributed by atoms with Gasteiger partial charge < -0.3 is 9.88 Å². The molecule has 2 N–H and O–H groups in total. The van der Waals surface area contributed by atoms with Crippen LogP contribution >= 0.6 is 23.8 Å². The zero-order valence-electron chi connectivity index (χ0n) is 15.2. The molecule has 0 spiro atoms. The Balaban J connectivity index is 1.61. The highest BCUT2D eigenvalue weighted by molar-refractivity contribution is 7.80. The van der Waals surface area contributed by atoms with Crippen molar-refractivity contribution in [2.45, 2.75) is 20.4 Å². The number of para-hydroxylation sites is 1. The molecular formula is C21H21ClN4S. The molecular weight excluding hydrogens is 376 g/mol. The van der Waals surface area contributed by atoms with E-state index in [2.05, 4.69) is 20.4 Å². The van der Waals surface area contributed by atoms with Crippen LogP contribution in [0, 0.1) is 13.8 Å². The molecule has 6 heteroatoms. The number of hydrogen-bond donors (Lipinski definition) is 2. The minimum absolute atomic E-state index is 0.458. The van der Waals surface area contributed by atoms with Crippen molar-refractivity contribution in [2.75, 3.05) is 5.32 Å². The summed E-state index contributed by atoms with van der Waals surface area (Å²) in [5.74, 6) is 0.